The van der Waals surface area contributed by atoms with Crippen molar-refractivity contribution in [1.29, 1.82) is 0 Å². The van der Waals surface area contributed by atoms with Crippen molar-refractivity contribution in [2.75, 3.05) is 13.2 Å². The molecule has 0 spiro atoms. The first-order valence-corrected chi connectivity index (χ1v) is 9.98. The fraction of sp³-hybridized carbons (Fsp3) is 0.391. The summed E-state index contributed by atoms with van der Waals surface area (Å²) in [5.74, 6) is -0.497. The van der Waals surface area contributed by atoms with Crippen molar-refractivity contribution in [2.24, 2.45) is 0 Å². The van der Waals surface area contributed by atoms with Crippen molar-refractivity contribution in [3.05, 3.63) is 65.5 Å². The van der Waals surface area contributed by atoms with Gasteiger partial charge in [-0.1, -0.05) is 44.2 Å². The number of ether oxygens (including phenoxy) is 1. The fourth-order valence-electron chi connectivity index (χ4n) is 2.84. The first-order chi connectivity index (χ1) is 14.0. The Bertz CT molecular complexity index is 808. The number of benzene rings is 2. The van der Waals surface area contributed by atoms with Crippen LogP contribution in [0, 0.1) is 5.82 Å². The average molecular weight is 400 g/mol. The number of aryl methyl sites for hydroxylation is 1. The molecule has 5 nitrogen and oxygen atoms in total. The third kappa shape index (κ3) is 6.59. The zero-order valence-electron chi connectivity index (χ0n) is 17.3. The summed E-state index contributed by atoms with van der Waals surface area (Å²) < 4.78 is 19.7. The Morgan fingerprint density at radius 1 is 1.10 bits per heavy atom. The molecular formula is C23H29FN2O3. The number of carbonyl (C=O) groups is 2. The van der Waals surface area contributed by atoms with Gasteiger partial charge in [-0.05, 0) is 43.5 Å². The molecule has 0 heterocycles. The van der Waals surface area contributed by atoms with Gasteiger partial charge in [-0.2, -0.15) is 0 Å². The van der Waals surface area contributed by atoms with E-state index in [1.54, 1.807) is 25.1 Å². The van der Waals surface area contributed by atoms with E-state index in [4.69, 9.17) is 4.74 Å². The monoisotopic (exact) mass is 400 g/mol. The Morgan fingerprint density at radius 2 is 1.79 bits per heavy atom. The van der Waals surface area contributed by atoms with Crippen molar-refractivity contribution >= 4 is 11.8 Å². The standard InChI is InChI=1S/C23H29FN2O3/c1-4-14-25-23(28)17(3)26(15-19-8-6-7-9-21(19)24)22(27)16-29-20-12-10-18(5-2)11-13-20/h6-13,17H,4-5,14-16H2,1-3H3,(H,25,28). The number of rotatable bonds is 10. The summed E-state index contributed by atoms with van der Waals surface area (Å²) >= 11 is 0. The highest BCUT2D eigenvalue weighted by Crippen LogP contribution is 2.15. The Hall–Kier alpha value is -2.89. The van der Waals surface area contributed by atoms with E-state index in [9.17, 15) is 14.0 Å². The molecule has 0 fully saturated rings. The van der Waals surface area contributed by atoms with Crippen LogP contribution in [0.4, 0.5) is 4.39 Å². The van der Waals surface area contributed by atoms with Gasteiger partial charge < -0.3 is 15.0 Å². The van der Waals surface area contributed by atoms with Crippen molar-refractivity contribution in [2.45, 2.75) is 46.2 Å². The molecule has 0 aliphatic heterocycles. The number of nitrogens with one attached hydrogen (secondary N) is 1. The van der Waals surface area contributed by atoms with Crippen molar-refractivity contribution < 1.29 is 18.7 Å². The maximum atomic E-state index is 14.1. The number of amides is 2. The van der Waals surface area contributed by atoms with Crippen molar-refractivity contribution in [3.63, 3.8) is 0 Å². The highest BCUT2D eigenvalue weighted by atomic mass is 19.1. The second kappa shape index (κ2) is 11.2. The molecule has 0 aliphatic carbocycles. The normalized spacial score (nSPS) is 11.6. The fourth-order valence-corrected chi connectivity index (χ4v) is 2.84. The van der Waals surface area contributed by atoms with Gasteiger partial charge in [0.25, 0.3) is 5.91 Å². The minimum Gasteiger partial charge on any atom is -0.484 e. The van der Waals surface area contributed by atoms with E-state index in [1.807, 2.05) is 31.2 Å². The number of halogens is 1. The molecule has 0 bridgehead atoms. The molecular weight excluding hydrogens is 371 g/mol. The van der Waals surface area contributed by atoms with Crippen LogP contribution in [-0.4, -0.2) is 35.9 Å². The molecule has 0 radical (unpaired) electrons. The van der Waals surface area contributed by atoms with Gasteiger partial charge in [-0.15, -0.1) is 0 Å². The van der Waals surface area contributed by atoms with E-state index in [0.29, 0.717) is 17.9 Å². The number of hydrogen-bond donors (Lipinski definition) is 1. The largest absolute Gasteiger partial charge is 0.484 e. The molecule has 0 aromatic heterocycles. The number of hydrogen-bond acceptors (Lipinski definition) is 3. The molecule has 0 aliphatic rings. The van der Waals surface area contributed by atoms with Crippen LogP contribution in [-0.2, 0) is 22.6 Å². The maximum absolute atomic E-state index is 14.1. The van der Waals surface area contributed by atoms with Crippen LogP contribution >= 0.6 is 0 Å². The third-order valence-corrected chi connectivity index (χ3v) is 4.71. The van der Waals surface area contributed by atoms with Crippen molar-refractivity contribution in [1.82, 2.24) is 10.2 Å². The van der Waals surface area contributed by atoms with Crippen LogP contribution in [0.2, 0.25) is 0 Å². The lowest BCUT2D eigenvalue weighted by Crippen LogP contribution is -2.49. The van der Waals surface area contributed by atoms with Crippen LogP contribution in [0.3, 0.4) is 0 Å². The molecule has 156 valence electrons. The number of nitrogens with zero attached hydrogens (tertiary/aromatic N) is 1. The maximum Gasteiger partial charge on any atom is 0.261 e. The molecule has 2 rings (SSSR count). The van der Waals surface area contributed by atoms with Gasteiger partial charge >= 0.3 is 0 Å². The SMILES string of the molecule is CCCNC(=O)C(C)N(Cc1ccccc1F)C(=O)COc1ccc(CC)cc1. The summed E-state index contributed by atoms with van der Waals surface area (Å²) in [6.45, 7) is 5.93. The molecule has 29 heavy (non-hydrogen) atoms. The summed E-state index contributed by atoms with van der Waals surface area (Å²) in [5.41, 5.74) is 1.52. The van der Waals surface area contributed by atoms with Gasteiger partial charge in [0, 0.05) is 18.7 Å². The second-order valence-electron chi connectivity index (χ2n) is 6.87. The molecule has 2 amide bonds. The van der Waals surface area contributed by atoms with Crippen LogP contribution in [0.1, 0.15) is 38.3 Å². The first kappa shape index (κ1) is 22.4. The molecule has 0 saturated carbocycles. The highest BCUT2D eigenvalue weighted by Gasteiger charge is 2.27. The third-order valence-electron chi connectivity index (χ3n) is 4.71. The molecule has 1 unspecified atom stereocenters. The summed E-state index contributed by atoms with van der Waals surface area (Å²) in [5, 5.41) is 2.79. The quantitative estimate of drug-likeness (QED) is 0.661. The molecule has 1 N–H and O–H groups in total. The summed E-state index contributed by atoms with van der Waals surface area (Å²) in [4.78, 5) is 26.7. The highest BCUT2D eigenvalue weighted by molar-refractivity contribution is 5.87. The minimum atomic E-state index is -0.750. The average Bonchev–Trinajstić information content (AvgIpc) is 2.75. The van der Waals surface area contributed by atoms with Crippen molar-refractivity contribution in [3.8, 4) is 5.75 Å². The number of carbonyl (C=O) groups excluding carboxylic acids is 2. The Balaban J connectivity index is 2.12. The van der Waals surface area contributed by atoms with E-state index < -0.39 is 11.9 Å². The van der Waals surface area contributed by atoms with Gasteiger partial charge in [-0.3, -0.25) is 9.59 Å². The Morgan fingerprint density at radius 3 is 2.41 bits per heavy atom. The lowest BCUT2D eigenvalue weighted by Gasteiger charge is -2.28. The molecule has 2 aromatic carbocycles. The lowest BCUT2D eigenvalue weighted by molar-refractivity contribution is -0.142. The van der Waals surface area contributed by atoms with E-state index in [1.165, 1.54) is 16.5 Å². The van der Waals surface area contributed by atoms with Crippen LogP contribution in [0.25, 0.3) is 0 Å². The lowest BCUT2D eigenvalue weighted by atomic mass is 10.1. The topological polar surface area (TPSA) is 58.6 Å². The predicted molar refractivity (Wildman–Crippen MR) is 111 cm³/mol. The zero-order chi connectivity index (χ0) is 21.2. The molecule has 0 saturated heterocycles. The van der Waals surface area contributed by atoms with E-state index in [-0.39, 0.29) is 25.0 Å². The second-order valence-corrected chi connectivity index (χ2v) is 6.87. The Labute approximate surface area is 171 Å². The predicted octanol–water partition coefficient (Wildman–Crippen LogP) is 3.71. The summed E-state index contributed by atoms with van der Waals surface area (Å²) in [7, 11) is 0. The van der Waals surface area contributed by atoms with Gasteiger partial charge in [0.2, 0.25) is 5.91 Å². The minimum absolute atomic E-state index is 0.00957. The van der Waals surface area contributed by atoms with E-state index >= 15 is 0 Å². The van der Waals surface area contributed by atoms with Gasteiger partial charge in [0.15, 0.2) is 6.61 Å². The van der Waals surface area contributed by atoms with E-state index in [2.05, 4.69) is 12.2 Å². The summed E-state index contributed by atoms with van der Waals surface area (Å²) in [6.07, 6.45) is 1.70. The smallest absolute Gasteiger partial charge is 0.261 e. The Kier molecular flexibility index (Phi) is 8.65. The summed E-state index contributed by atoms with van der Waals surface area (Å²) in [6, 6.07) is 13.0. The molecule has 2 aromatic rings. The van der Waals surface area contributed by atoms with Crippen LogP contribution in [0.5, 0.6) is 5.75 Å². The van der Waals surface area contributed by atoms with E-state index in [0.717, 1.165) is 12.8 Å². The molecule has 6 heteroatoms. The van der Waals surface area contributed by atoms with Crippen LogP contribution < -0.4 is 10.1 Å². The van der Waals surface area contributed by atoms with Gasteiger partial charge in [-0.25, -0.2) is 4.39 Å². The molecule has 1 atom stereocenters. The van der Waals surface area contributed by atoms with Crippen LogP contribution in [0.15, 0.2) is 48.5 Å². The van der Waals surface area contributed by atoms with Gasteiger partial charge in [0.1, 0.15) is 17.6 Å². The zero-order valence-corrected chi connectivity index (χ0v) is 17.3. The first-order valence-electron chi connectivity index (χ1n) is 9.98. The van der Waals surface area contributed by atoms with Gasteiger partial charge in [0.05, 0.1) is 0 Å².